The van der Waals surface area contributed by atoms with Crippen LogP contribution in [0.1, 0.15) is 5.56 Å². The summed E-state index contributed by atoms with van der Waals surface area (Å²) in [4.78, 5) is 1.93. The first-order valence-electron chi connectivity index (χ1n) is 5.57. The molecular formula is C14H14BrFN2. The van der Waals surface area contributed by atoms with Gasteiger partial charge in [-0.25, -0.2) is 4.39 Å². The minimum absolute atomic E-state index is 0.276. The molecule has 2 aromatic carbocycles. The van der Waals surface area contributed by atoms with Crippen LogP contribution in [0.2, 0.25) is 0 Å². The van der Waals surface area contributed by atoms with Crippen LogP contribution in [0.3, 0.4) is 0 Å². The second-order valence-electron chi connectivity index (χ2n) is 4.19. The minimum Gasteiger partial charge on any atom is -0.397 e. The van der Waals surface area contributed by atoms with Crippen molar-refractivity contribution in [1.29, 1.82) is 0 Å². The van der Waals surface area contributed by atoms with Crippen molar-refractivity contribution >= 4 is 27.3 Å². The lowest BCUT2D eigenvalue weighted by atomic mass is 10.2. The molecule has 0 aromatic heterocycles. The van der Waals surface area contributed by atoms with Gasteiger partial charge in [0.05, 0.1) is 11.4 Å². The first-order chi connectivity index (χ1) is 8.56. The standard InChI is InChI=1S/C14H14BrFN2/c1-18(9-10-2-4-11(15)5-3-10)14-8-12(16)6-7-13(14)17/h2-8H,9,17H2,1H3. The number of nitrogens with two attached hydrogens (primary N) is 1. The Balaban J connectivity index is 2.18. The number of hydrogen-bond donors (Lipinski definition) is 1. The Labute approximate surface area is 114 Å². The van der Waals surface area contributed by atoms with Crippen molar-refractivity contribution in [3.05, 3.63) is 58.3 Å². The topological polar surface area (TPSA) is 29.3 Å². The Morgan fingerprint density at radius 1 is 1.17 bits per heavy atom. The van der Waals surface area contributed by atoms with Gasteiger partial charge in [-0.1, -0.05) is 28.1 Å². The van der Waals surface area contributed by atoms with Crippen LogP contribution < -0.4 is 10.6 Å². The number of nitrogen functional groups attached to an aromatic ring is 1. The highest BCUT2D eigenvalue weighted by Gasteiger charge is 2.07. The Morgan fingerprint density at radius 2 is 1.83 bits per heavy atom. The van der Waals surface area contributed by atoms with Gasteiger partial charge in [-0.15, -0.1) is 0 Å². The first-order valence-corrected chi connectivity index (χ1v) is 6.36. The van der Waals surface area contributed by atoms with E-state index in [1.165, 1.54) is 12.1 Å². The summed E-state index contributed by atoms with van der Waals surface area (Å²) in [6.45, 7) is 0.681. The number of benzene rings is 2. The molecule has 0 atom stereocenters. The third kappa shape index (κ3) is 3.01. The summed E-state index contributed by atoms with van der Waals surface area (Å²) in [5, 5.41) is 0. The van der Waals surface area contributed by atoms with E-state index in [-0.39, 0.29) is 5.82 Å². The maximum absolute atomic E-state index is 13.2. The molecule has 0 bridgehead atoms. The molecule has 0 saturated carbocycles. The first kappa shape index (κ1) is 12.9. The fourth-order valence-corrected chi connectivity index (χ4v) is 2.06. The molecule has 4 heteroatoms. The summed E-state index contributed by atoms with van der Waals surface area (Å²) in [7, 11) is 1.90. The molecule has 2 nitrogen and oxygen atoms in total. The summed E-state index contributed by atoms with van der Waals surface area (Å²) in [5.41, 5.74) is 8.28. The maximum atomic E-state index is 13.2. The molecule has 0 fully saturated rings. The third-order valence-electron chi connectivity index (χ3n) is 2.74. The SMILES string of the molecule is CN(Cc1ccc(Br)cc1)c1cc(F)ccc1N. The van der Waals surface area contributed by atoms with E-state index in [2.05, 4.69) is 15.9 Å². The van der Waals surface area contributed by atoms with Gasteiger partial charge in [-0.05, 0) is 35.9 Å². The average molecular weight is 309 g/mol. The lowest BCUT2D eigenvalue weighted by Crippen LogP contribution is -2.17. The second kappa shape index (κ2) is 5.40. The van der Waals surface area contributed by atoms with Crippen molar-refractivity contribution in [3.8, 4) is 0 Å². The van der Waals surface area contributed by atoms with E-state index in [1.54, 1.807) is 6.07 Å². The van der Waals surface area contributed by atoms with Crippen LogP contribution in [0.15, 0.2) is 46.9 Å². The van der Waals surface area contributed by atoms with Crippen molar-refractivity contribution in [3.63, 3.8) is 0 Å². The molecule has 0 aliphatic carbocycles. The number of halogens is 2. The number of nitrogens with zero attached hydrogens (tertiary/aromatic N) is 1. The van der Waals surface area contributed by atoms with Crippen LogP contribution in [0.5, 0.6) is 0 Å². The number of hydrogen-bond acceptors (Lipinski definition) is 2. The molecule has 2 N–H and O–H groups in total. The lowest BCUT2D eigenvalue weighted by Gasteiger charge is -2.21. The molecular weight excluding hydrogens is 295 g/mol. The molecule has 18 heavy (non-hydrogen) atoms. The van der Waals surface area contributed by atoms with Crippen molar-refractivity contribution in [2.45, 2.75) is 6.54 Å². The Kier molecular flexibility index (Phi) is 3.87. The van der Waals surface area contributed by atoms with Gasteiger partial charge < -0.3 is 10.6 Å². The highest BCUT2D eigenvalue weighted by molar-refractivity contribution is 9.10. The summed E-state index contributed by atoms with van der Waals surface area (Å²) >= 11 is 3.39. The fourth-order valence-electron chi connectivity index (χ4n) is 1.80. The van der Waals surface area contributed by atoms with Gasteiger partial charge in [0.15, 0.2) is 0 Å². The van der Waals surface area contributed by atoms with Crippen LogP contribution in [-0.4, -0.2) is 7.05 Å². The molecule has 0 amide bonds. The van der Waals surface area contributed by atoms with Gasteiger partial charge in [0.1, 0.15) is 5.82 Å². The fraction of sp³-hybridized carbons (Fsp3) is 0.143. The molecule has 0 heterocycles. The van der Waals surface area contributed by atoms with Gasteiger partial charge >= 0.3 is 0 Å². The normalized spacial score (nSPS) is 10.4. The monoisotopic (exact) mass is 308 g/mol. The minimum atomic E-state index is -0.276. The Morgan fingerprint density at radius 3 is 2.50 bits per heavy atom. The predicted molar refractivity (Wildman–Crippen MR) is 77.1 cm³/mol. The second-order valence-corrected chi connectivity index (χ2v) is 5.10. The van der Waals surface area contributed by atoms with Crippen LogP contribution >= 0.6 is 15.9 Å². The van der Waals surface area contributed by atoms with E-state index < -0.39 is 0 Å². The van der Waals surface area contributed by atoms with Crippen molar-refractivity contribution < 1.29 is 4.39 Å². The molecule has 2 aromatic rings. The Bertz CT molecular complexity index is 540. The summed E-state index contributed by atoms with van der Waals surface area (Å²) < 4.78 is 14.3. The molecule has 0 saturated heterocycles. The van der Waals surface area contributed by atoms with Crippen molar-refractivity contribution in [2.75, 3.05) is 17.7 Å². The summed E-state index contributed by atoms with van der Waals surface area (Å²) in [6, 6.07) is 12.4. The van der Waals surface area contributed by atoms with E-state index in [4.69, 9.17) is 5.73 Å². The smallest absolute Gasteiger partial charge is 0.125 e. The molecule has 2 rings (SSSR count). The van der Waals surface area contributed by atoms with Crippen LogP contribution in [0.25, 0.3) is 0 Å². The van der Waals surface area contributed by atoms with E-state index >= 15 is 0 Å². The quantitative estimate of drug-likeness (QED) is 0.874. The van der Waals surface area contributed by atoms with E-state index in [0.29, 0.717) is 17.9 Å². The largest absolute Gasteiger partial charge is 0.397 e. The van der Waals surface area contributed by atoms with Crippen molar-refractivity contribution in [1.82, 2.24) is 0 Å². The van der Waals surface area contributed by atoms with Crippen LogP contribution in [-0.2, 0) is 6.54 Å². The molecule has 0 unspecified atom stereocenters. The highest BCUT2D eigenvalue weighted by atomic mass is 79.9. The zero-order chi connectivity index (χ0) is 13.1. The number of anilines is 2. The highest BCUT2D eigenvalue weighted by Crippen LogP contribution is 2.24. The predicted octanol–water partition coefficient (Wildman–Crippen LogP) is 3.81. The summed E-state index contributed by atoms with van der Waals surface area (Å²) in [5.74, 6) is -0.276. The third-order valence-corrected chi connectivity index (χ3v) is 3.27. The molecule has 0 aliphatic heterocycles. The van der Waals surface area contributed by atoms with Gasteiger partial charge in [0.25, 0.3) is 0 Å². The van der Waals surface area contributed by atoms with E-state index in [1.807, 2.05) is 36.2 Å². The molecule has 0 aliphatic rings. The zero-order valence-corrected chi connectivity index (χ0v) is 11.6. The molecule has 94 valence electrons. The summed E-state index contributed by atoms with van der Waals surface area (Å²) in [6.07, 6.45) is 0. The molecule has 0 spiro atoms. The van der Waals surface area contributed by atoms with Crippen molar-refractivity contribution in [2.24, 2.45) is 0 Å². The average Bonchev–Trinajstić information content (AvgIpc) is 2.35. The van der Waals surface area contributed by atoms with Gasteiger partial charge in [0.2, 0.25) is 0 Å². The van der Waals surface area contributed by atoms with Crippen LogP contribution in [0.4, 0.5) is 15.8 Å². The molecule has 0 radical (unpaired) electrons. The van der Waals surface area contributed by atoms with Gasteiger partial charge in [0, 0.05) is 18.1 Å². The van der Waals surface area contributed by atoms with E-state index in [9.17, 15) is 4.39 Å². The van der Waals surface area contributed by atoms with Crippen LogP contribution in [0, 0.1) is 5.82 Å². The lowest BCUT2D eigenvalue weighted by molar-refractivity contribution is 0.627. The maximum Gasteiger partial charge on any atom is 0.125 e. The van der Waals surface area contributed by atoms with Gasteiger partial charge in [-0.2, -0.15) is 0 Å². The Hall–Kier alpha value is -1.55. The van der Waals surface area contributed by atoms with E-state index in [0.717, 1.165) is 10.0 Å². The van der Waals surface area contributed by atoms with Gasteiger partial charge in [-0.3, -0.25) is 0 Å². The number of rotatable bonds is 3. The zero-order valence-electron chi connectivity index (χ0n) is 10.0.